The first-order valence-corrected chi connectivity index (χ1v) is 10.5. The van der Waals surface area contributed by atoms with Crippen molar-refractivity contribution in [1.82, 2.24) is 14.1 Å². The molecule has 0 unspecified atom stereocenters. The SMILES string of the molecule is Cn1cnc2c(c(-c3cc(Cl)c(O)c(C(N)=O)c3)cn2CC(=O)Nc2ccc(N)cc2Cl)c1=O. The largest absolute Gasteiger partial charge is 0.506 e. The van der Waals surface area contributed by atoms with Crippen molar-refractivity contribution in [2.45, 2.75) is 6.54 Å². The summed E-state index contributed by atoms with van der Waals surface area (Å²) in [6.45, 7) is -0.203. The number of benzene rings is 2. The lowest BCUT2D eigenvalue weighted by Crippen LogP contribution is -2.20. The Morgan fingerprint density at radius 2 is 1.91 bits per heavy atom. The number of hydrogen-bond donors (Lipinski definition) is 4. The number of halogens is 2. The second-order valence-electron chi connectivity index (χ2n) is 7.54. The molecule has 0 atom stereocenters. The van der Waals surface area contributed by atoms with Crippen LogP contribution < -0.4 is 22.3 Å². The molecule has 174 valence electrons. The van der Waals surface area contributed by atoms with Gasteiger partial charge in [-0.3, -0.25) is 14.4 Å². The first-order valence-electron chi connectivity index (χ1n) is 9.79. The molecule has 0 aliphatic rings. The summed E-state index contributed by atoms with van der Waals surface area (Å²) in [6, 6.07) is 7.40. The lowest BCUT2D eigenvalue weighted by molar-refractivity contribution is -0.116. The number of nitrogens with zero attached hydrogens (tertiary/aromatic N) is 3. The van der Waals surface area contributed by atoms with E-state index in [1.54, 1.807) is 12.1 Å². The molecule has 0 spiro atoms. The van der Waals surface area contributed by atoms with Crippen LogP contribution in [0.1, 0.15) is 10.4 Å². The van der Waals surface area contributed by atoms with Gasteiger partial charge >= 0.3 is 0 Å². The van der Waals surface area contributed by atoms with Gasteiger partial charge in [-0.2, -0.15) is 0 Å². The van der Waals surface area contributed by atoms with Gasteiger partial charge in [-0.25, -0.2) is 4.98 Å². The Balaban J connectivity index is 1.81. The summed E-state index contributed by atoms with van der Waals surface area (Å²) in [5, 5.41) is 13.1. The molecule has 0 aliphatic carbocycles. The molecule has 12 heteroatoms. The van der Waals surface area contributed by atoms with Crippen molar-refractivity contribution in [3.05, 3.63) is 68.8 Å². The molecule has 0 aliphatic heterocycles. The smallest absolute Gasteiger partial charge is 0.263 e. The molecule has 10 nitrogen and oxygen atoms in total. The standard InChI is InChI=1S/C22H18Cl2N6O4/c1-29-9-27-21-18(22(29)34)13(10-4-12(20(26)33)19(32)15(24)5-10)7-30(21)8-17(31)28-16-3-2-11(25)6-14(16)23/h2-7,9,32H,8,25H2,1H3,(H2,26,33)(H,28,31). The minimum absolute atomic E-state index is 0.122. The van der Waals surface area contributed by atoms with E-state index >= 15 is 0 Å². The lowest BCUT2D eigenvalue weighted by Gasteiger charge is -2.09. The molecule has 0 saturated heterocycles. The maximum Gasteiger partial charge on any atom is 0.263 e. The highest BCUT2D eigenvalue weighted by Gasteiger charge is 2.21. The average Bonchev–Trinajstić information content (AvgIpc) is 3.13. The van der Waals surface area contributed by atoms with E-state index in [9.17, 15) is 19.5 Å². The Hall–Kier alpha value is -4.02. The Morgan fingerprint density at radius 1 is 1.18 bits per heavy atom. The summed E-state index contributed by atoms with van der Waals surface area (Å²) in [5.41, 5.74) is 12.2. The van der Waals surface area contributed by atoms with Gasteiger partial charge < -0.3 is 31.0 Å². The van der Waals surface area contributed by atoms with Gasteiger partial charge in [-0.15, -0.1) is 0 Å². The first-order chi connectivity index (χ1) is 16.1. The number of primary amides is 1. The number of nitrogen functional groups attached to an aromatic ring is 1. The van der Waals surface area contributed by atoms with Crippen LogP contribution in [0.5, 0.6) is 5.75 Å². The van der Waals surface area contributed by atoms with E-state index in [1.807, 2.05) is 0 Å². The molecular weight excluding hydrogens is 483 g/mol. The number of amides is 2. The van der Waals surface area contributed by atoms with Crippen LogP contribution in [-0.2, 0) is 18.4 Å². The lowest BCUT2D eigenvalue weighted by atomic mass is 10.0. The van der Waals surface area contributed by atoms with Gasteiger partial charge in [-0.05, 0) is 35.9 Å². The van der Waals surface area contributed by atoms with Crippen molar-refractivity contribution in [3.8, 4) is 16.9 Å². The molecule has 4 aromatic rings. The van der Waals surface area contributed by atoms with Crippen molar-refractivity contribution in [2.75, 3.05) is 11.1 Å². The molecule has 4 rings (SSSR count). The van der Waals surface area contributed by atoms with Crippen LogP contribution in [-0.4, -0.2) is 31.0 Å². The summed E-state index contributed by atoms with van der Waals surface area (Å²) >= 11 is 12.2. The zero-order valence-electron chi connectivity index (χ0n) is 17.7. The molecule has 0 fully saturated rings. The molecule has 2 amide bonds. The van der Waals surface area contributed by atoms with Crippen LogP contribution in [0, 0.1) is 0 Å². The van der Waals surface area contributed by atoms with Crippen LogP contribution in [0.2, 0.25) is 10.0 Å². The highest BCUT2D eigenvalue weighted by atomic mass is 35.5. The maximum absolute atomic E-state index is 13.0. The quantitative estimate of drug-likeness (QED) is 0.308. The van der Waals surface area contributed by atoms with Crippen molar-refractivity contribution in [1.29, 1.82) is 0 Å². The summed E-state index contributed by atoms with van der Waals surface area (Å²) in [5.74, 6) is -1.79. The van der Waals surface area contributed by atoms with Crippen LogP contribution in [0.4, 0.5) is 11.4 Å². The second kappa shape index (κ2) is 8.73. The third-order valence-electron chi connectivity index (χ3n) is 5.16. The molecule has 0 radical (unpaired) electrons. The Bertz CT molecular complexity index is 1540. The van der Waals surface area contributed by atoms with Gasteiger partial charge in [0.15, 0.2) is 0 Å². The van der Waals surface area contributed by atoms with E-state index in [2.05, 4.69) is 10.3 Å². The third-order valence-corrected chi connectivity index (χ3v) is 5.76. The molecule has 2 aromatic carbocycles. The monoisotopic (exact) mass is 500 g/mol. The fraction of sp³-hybridized carbons (Fsp3) is 0.0909. The van der Waals surface area contributed by atoms with E-state index in [0.29, 0.717) is 22.5 Å². The van der Waals surface area contributed by atoms with E-state index in [4.69, 9.17) is 34.7 Å². The van der Waals surface area contributed by atoms with Gasteiger partial charge in [0.05, 0.1) is 33.0 Å². The molecule has 2 heterocycles. The Morgan fingerprint density at radius 3 is 2.59 bits per heavy atom. The fourth-order valence-corrected chi connectivity index (χ4v) is 3.98. The van der Waals surface area contributed by atoms with E-state index in [0.717, 1.165) is 0 Å². The molecular formula is C22H18Cl2N6O4. The minimum atomic E-state index is -0.893. The predicted molar refractivity (Wildman–Crippen MR) is 130 cm³/mol. The number of nitrogens with one attached hydrogen (secondary N) is 1. The fourth-order valence-electron chi connectivity index (χ4n) is 3.52. The van der Waals surface area contributed by atoms with Gasteiger partial charge in [-0.1, -0.05) is 23.2 Å². The number of aryl methyl sites for hydroxylation is 1. The summed E-state index contributed by atoms with van der Waals surface area (Å²) in [6.07, 6.45) is 2.87. The average molecular weight is 501 g/mol. The molecule has 0 saturated carbocycles. The predicted octanol–water partition coefficient (Wildman–Crippen LogP) is 2.73. The van der Waals surface area contributed by atoms with Crippen molar-refractivity contribution >= 4 is 57.4 Å². The van der Waals surface area contributed by atoms with Crippen molar-refractivity contribution in [2.24, 2.45) is 12.8 Å². The van der Waals surface area contributed by atoms with Crippen LogP contribution in [0.15, 0.2) is 47.7 Å². The number of carbonyl (C=O) groups is 2. The van der Waals surface area contributed by atoms with Crippen LogP contribution in [0.3, 0.4) is 0 Å². The second-order valence-corrected chi connectivity index (χ2v) is 8.35. The molecule has 34 heavy (non-hydrogen) atoms. The maximum atomic E-state index is 13.0. The van der Waals surface area contributed by atoms with Crippen molar-refractivity contribution < 1.29 is 14.7 Å². The highest BCUT2D eigenvalue weighted by molar-refractivity contribution is 6.34. The normalized spacial score (nSPS) is 11.0. The van der Waals surface area contributed by atoms with E-state index in [-0.39, 0.29) is 38.7 Å². The zero-order chi connectivity index (χ0) is 24.7. The number of aromatic hydroxyl groups is 1. The third kappa shape index (κ3) is 4.16. The summed E-state index contributed by atoms with van der Waals surface area (Å²) < 4.78 is 2.76. The first kappa shape index (κ1) is 23.1. The number of aromatic nitrogens is 3. The number of carbonyl (C=O) groups excluding carboxylic acids is 2. The zero-order valence-corrected chi connectivity index (χ0v) is 19.2. The highest BCUT2D eigenvalue weighted by Crippen LogP contribution is 2.36. The Kier molecular flexibility index (Phi) is 5.94. The molecule has 0 bridgehead atoms. The van der Waals surface area contributed by atoms with Gasteiger partial charge in [0.1, 0.15) is 17.9 Å². The van der Waals surface area contributed by atoms with E-state index < -0.39 is 17.6 Å². The number of rotatable bonds is 5. The number of nitrogens with two attached hydrogens (primary N) is 2. The van der Waals surface area contributed by atoms with Gasteiger partial charge in [0.25, 0.3) is 11.5 Å². The van der Waals surface area contributed by atoms with Crippen LogP contribution in [0.25, 0.3) is 22.2 Å². The topological polar surface area (TPSA) is 158 Å². The minimum Gasteiger partial charge on any atom is -0.506 e. The number of hydrogen-bond acceptors (Lipinski definition) is 6. The molecule has 2 aromatic heterocycles. The van der Waals surface area contributed by atoms with Crippen molar-refractivity contribution in [3.63, 3.8) is 0 Å². The van der Waals surface area contributed by atoms with Gasteiger partial charge in [0.2, 0.25) is 5.91 Å². The summed E-state index contributed by atoms with van der Waals surface area (Å²) in [7, 11) is 1.53. The van der Waals surface area contributed by atoms with E-state index in [1.165, 1.54) is 46.9 Å². The van der Waals surface area contributed by atoms with Gasteiger partial charge in [0, 0.05) is 24.5 Å². The molecule has 6 N–H and O–H groups in total. The Labute approximate surface area is 202 Å². The number of anilines is 2. The number of fused-ring (bicyclic) bond motifs is 1. The van der Waals surface area contributed by atoms with Crippen LogP contribution >= 0.6 is 23.2 Å². The number of phenols is 1. The summed E-state index contributed by atoms with van der Waals surface area (Å²) in [4.78, 5) is 41.8.